The average molecular weight is 358 g/mol. The van der Waals surface area contributed by atoms with Crippen molar-refractivity contribution in [2.24, 2.45) is 0 Å². The van der Waals surface area contributed by atoms with Gasteiger partial charge in [-0.25, -0.2) is 0 Å². The van der Waals surface area contributed by atoms with E-state index in [2.05, 4.69) is 10.6 Å². The van der Waals surface area contributed by atoms with Gasteiger partial charge in [0, 0.05) is 11.8 Å². The molecule has 2 aromatic carbocycles. The fraction of sp³-hybridized carbons (Fsp3) is 0.350. The lowest BCUT2D eigenvalue weighted by Gasteiger charge is -2.19. The summed E-state index contributed by atoms with van der Waals surface area (Å²) in [5, 5.41) is 6.07. The summed E-state index contributed by atoms with van der Waals surface area (Å²) in [6.45, 7) is 6.74. The van der Waals surface area contributed by atoms with Crippen LogP contribution in [0.5, 0.6) is 17.2 Å². The summed E-state index contributed by atoms with van der Waals surface area (Å²) in [6, 6.07) is 12.3. The van der Waals surface area contributed by atoms with Crippen LogP contribution in [-0.2, 0) is 4.79 Å². The molecular formula is C20H26N2O4. The van der Waals surface area contributed by atoms with E-state index in [0.717, 1.165) is 17.2 Å². The average Bonchev–Trinajstić information content (AvgIpc) is 2.64. The molecule has 0 aliphatic heterocycles. The first kappa shape index (κ1) is 19.4. The van der Waals surface area contributed by atoms with E-state index in [-0.39, 0.29) is 5.91 Å². The maximum absolute atomic E-state index is 12.5. The minimum atomic E-state index is -0.465. The molecule has 140 valence electrons. The smallest absolute Gasteiger partial charge is 0.246 e. The quantitative estimate of drug-likeness (QED) is 0.711. The number of ether oxygens (including phenoxy) is 3. The zero-order valence-corrected chi connectivity index (χ0v) is 15.7. The lowest BCUT2D eigenvalue weighted by atomic mass is 10.2. The van der Waals surface area contributed by atoms with Gasteiger partial charge in [0.15, 0.2) is 0 Å². The minimum Gasteiger partial charge on any atom is -0.497 e. The van der Waals surface area contributed by atoms with Crippen LogP contribution in [0.25, 0.3) is 0 Å². The van der Waals surface area contributed by atoms with Crippen LogP contribution in [0.3, 0.4) is 0 Å². The third-order valence-corrected chi connectivity index (χ3v) is 3.68. The number of amides is 1. The standard InChI is InChI=1S/C20H26N2O4/c1-5-25-17-11-12-19(26-6-2)18(13-17)21-14(3)20(23)22-15-7-9-16(24-4)10-8-15/h7-14,21H,5-6H2,1-4H3,(H,22,23). The van der Waals surface area contributed by atoms with Crippen LogP contribution in [0.2, 0.25) is 0 Å². The van der Waals surface area contributed by atoms with E-state index in [4.69, 9.17) is 14.2 Å². The van der Waals surface area contributed by atoms with E-state index < -0.39 is 6.04 Å². The van der Waals surface area contributed by atoms with Gasteiger partial charge >= 0.3 is 0 Å². The molecule has 0 heterocycles. The van der Waals surface area contributed by atoms with Crippen molar-refractivity contribution in [3.63, 3.8) is 0 Å². The summed E-state index contributed by atoms with van der Waals surface area (Å²) in [6.07, 6.45) is 0. The molecule has 1 atom stereocenters. The first-order valence-electron chi connectivity index (χ1n) is 8.68. The zero-order valence-electron chi connectivity index (χ0n) is 15.7. The highest BCUT2D eigenvalue weighted by molar-refractivity contribution is 5.96. The number of carbonyl (C=O) groups is 1. The molecule has 2 N–H and O–H groups in total. The van der Waals surface area contributed by atoms with Gasteiger partial charge in [-0.2, -0.15) is 0 Å². The highest BCUT2D eigenvalue weighted by Crippen LogP contribution is 2.30. The second-order valence-electron chi connectivity index (χ2n) is 5.61. The topological polar surface area (TPSA) is 68.8 Å². The molecule has 1 amide bonds. The van der Waals surface area contributed by atoms with Crippen LogP contribution in [0.4, 0.5) is 11.4 Å². The summed E-state index contributed by atoms with van der Waals surface area (Å²) in [5.74, 6) is 1.99. The number of anilines is 2. The number of methoxy groups -OCH3 is 1. The Morgan fingerprint density at radius 3 is 2.27 bits per heavy atom. The molecule has 6 heteroatoms. The van der Waals surface area contributed by atoms with Gasteiger partial charge in [0.2, 0.25) is 5.91 Å². The van der Waals surface area contributed by atoms with Gasteiger partial charge in [0.05, 0.1) is 26.0 Å². The number of carbonyl (C=O) groups excluding carboxylic acids is 1. The second-order valence-corrected chi connectivity index (χ2v) is 5.61. The van der Waals surface area contributed by atoms with Crippen molar-refractivity contribution in [3.05, 3.63) is 42.5 Å². The normalized spacial score (nSPS) is 11.4. The Bertz CT molecular complexity index is 716. The molecule has 0 saturated carbocycles. The zero-order chi connectivity index (χ0) is 18.9. The number of hydrogen-bond acceptors (Lipinski definition) is 5. The van der Waals surface area contributed by atoms with E-state index in [0.29, 0.717) is 24.7 Å². The molecule has 2 rings (SSSR count). The Labute approximate surface area is 154 Å². The second kappa shape index (κ2) is 9.56. The maximum Gasteiger partial charge on any atom is 0.246 e. The predicted octanol–water partition coefficient (Wildman–Crippen LogP) is 3.93. The number of hydrogen-bond donors (Lipinski definition) is 2. The molecule has 26 heavy (non-hydrogen) atoms. The van der Waals surface area contributed by atoms with Gasteiger partial charge < -0.3 is 24.8 Å². The molecule has 0 spiro atoms. The van der Waals surface area contributed by atoms with E-state index in [1.165, 1.54) is 0 Å². The molecule has 0 aliphatic carbocycles. The summed E-state index contributed by atoms with van der Waals surface area (Å²) >= 11 is 0. The lowest BCUT2D eigenvalue weighted by Crippen LogP contribution is -2.32. The van der Waals surface area contributed by atoms with Crippen LogP contribution < -0.4 is 24.8 Å². The van der Waals surface area contributed by atoms with Crippen LogP contribution >= 0.6 is 0 Å². The Kier molecular flexibility index (Phi) is 7.14. The molecule has 0 aliphatic rings. The summed E-state index contributed by atoms with van der Waals surface area (Å²) < 4.78 is 16.3. The SMILES string of the molecule is CCOc1ccc(OCC)c(NC(C)C(=O)Nc2ccc(OC)cc2)c1. The van der Waals surface area contributed by atoms with Gasteiger partial charge in [-0.05, 0) is 57.2 Å². The molecule has 0 saturated heterocycles. The Morgan fingerprint density at radius 2 is 1.65 bits per heavy atom. The van der Waals surface area contributed by atoms with Gasteiger partial charge in [-0.3, -0.25) is 4.79 Å². The third-order valence-electron chi connectivity index (χ3n) is 3.68. The fourth-order valence-corrected chi connectivity index (χ4v) is 2.38. The summed E-state index contributed by atoms with van der Waals surface area (Å²) in [7, 11) is 1.60. The first-order valence-corrected chi connectivity index (χ1v) is 8.68. The first-order chi connectivity index (χ1) is 12.6. The van der Waals surface area contributed by atoms with Crippen molar-refractivity contribution in [2.45, 2.75) is 26.8 Å². The third kappa shape index (κ3) is 5.31. The molecule has 0 radical (unpaired) electrons. The van der Waals surface area contributed by atoms with Crippen LogP contribution in [0.1, 0.15) is 20.8 Å². The van der Waals surface area contributed by atoms with Crippen molar-refractivity contribution >= 4 is 17.3 Å². The van der Waals surface area contributed by atoms with Crippen LogP contribution in [0, 0.1) is 0 Å². The Balaban J connectivity index is 2.07. The molecular weight excluding hydrogens is 332 g/mol. The summed E-state index contributed by atoms with van der Waals surface area (Å²) in [5.41, 5.74) is 1.42. The van der Waals surface area contributed by atoms with Crippen LogP contribution in [0.15, 0.2) is 42.5 Å². The Hall–Kier alpha value is -2.89. The van der Waals surface area contributed by atoms with Crippen molar-refractivity contribution < 1.29 is 19.0 Å². The molecule has 0 bridgehead atoms. The lowest BCUT2D eigenvalue weighted by molar-refractivity contribution is -0.116. The summed E-state index contributed by atoms with van der Waals surface area (Å²) in [4.78, 5) is 12.5. The molecule has 0 aromatic heterocycles. The van der Waals surface area contributed by atoms with Crippen molar-refractivity contribution in [1.82, 2.24) is 0 Å². The van der Waals surface area contributed by atoms with E-state index >= 15 is 0 Å². The van der Waals surface area contributed by atoms with Crippen molar-refractivity contribution in [2.75, 3.05) is 31.0 Å². The number of rotatable bonds is 9. The van der Waals surface area contributed by atoms with E-state index in [1.807, 2.05) is 32.0 Å². The maximum atomic E-state index is 12.5. The Morgan fingerprint density at radius 1 is 1.00 bits per heavy atom. The fourth-order valence-electron chi connectivity index (χ4n) is 2.38. The van der Waals surface area contributed by atoms with Gasteiger partial charge in [0.1, 0.15) is 23.3 Å². The highest BCUT2D eigenvalue weighted by Gasteiger charge is 2.16. The highest BCUT2D eigenvalue weighted by atomic mass is 16.5. The van der Waals surface area contributed by atoms with Gasteiger partial charge in [-0.15, -0.1) is 0 Å². The monoisotopic (exact) mass is 358 g/mol. The minimum absolute atomic E-state index is 0.153. The van der Waals surface area contributed by atoms with E-state index in [1.54, 1.807) is 38.3 Å². The molecule has 0 fully saturated rings. The number of nitrogens with one attached hydrogen (secondary N) is 2. The largest absolute Gasteiger partial charge is 0.497 e. The van der Waals surface area contributed by atoms with Gasteiger partial charge in [0.25, 0.3) is 0 Å². The molecule has 6 nitrogen and oxygen atoms in total. The van der Waals surface area contributed by atoms with Crippen molar-refractivity contribution in [1.29, 1.82) is 0 Å². The molecule has 2 aromatic rings. The van der Waals surface area contributed by atoms with Gasteiger partial charge in [-0.1, -0.05) is 0 Å². The van der Waals surface area contributed by atoms with Crippen molar-refractivity contribution in [3.8, 4) is 17.2 Å². The van der Waals surface area contributed by atoms with Crippen LogP contribution in [-0.4, -0.2) is 32.3 Å². The van der Waals surface area contributed by atoms with E-state index in [9.17, 15) is 4.79 Å². The predicted molar refractivity (Wildman–Crippen MR) is 103 cm³/mol. The molecule has 1 unspecified atom stereocenters. The number of benzene rings is 2.